The van der Waals surface area contributed by atoms with Crippen LogP contribution in [0.4, 0.5) is 11.5 Å². The molecule has 0 fully saturated rings. The van der Waals surface area contributed by atoms with Crippen molar-refractivity contribution in [1.82, 2.24) is 19.5 Å². The molecule has 28 heavy (non-hydrogen) atoms. The van der Waals surface area contributed by atoms with E-state index >= 15 is 0 Å². The van der Waals surface area contributed by atoms with Crippen LogP contribution in [0.25, 0.3) is 0 Å². The number of furan rings is 1. The first kappa shape index (κ1) is 18.4. The van der Waals surface area contributed by atoms with Crippen LogP contribution in [-0.4, -0.2) is 19.5 Å². The fraction of sp³-hybridized carbons (Fsp3) is 0.105. The van der Waals surface area contributed by atoms with Crippen molar-refractivity contribution in [3.05, 3.63) is 87.8 Å². The van der Waals surface area contributed by atoms with E-state index in [0.717, 1.165) is 11.3 Å². The van der Waals surface area contributed by atoms with Gasteiger partial charge in [-0.2, -0.15) is 4.68 Å². The SMILES string of the molecule is Cc1c(Cl)cccc1Nc1nnc(SCc2ccco2)n(-n2cccc2)c1=O. The molecule has 0 aliphatic rings. The van der Waals surface area contributed by atoms with Gasteiger partial charge in [0.25, 0.3) is 0 Å². The molecule has 0 unspecified atom stereocenters. The van der Waals surface area contributed by atoms with Crippen LogP contribution in [0, 0.1) is 6.92 Å². The van der Waals surface area contributed by atoms with Gasteiger partial charge < -0.3 is 9.73 Å². The molecule has 3 aromatic heterocycles. The minimum atomic E-state index is -0.326. The van der Waals surface area contributed by atoms with Gasteiger partial charge in [0.05, 0.1) is 12.0 Å². The molecule has 4 rings (SSSR count). The molecule has 4 aromatic rings. The summed E-state index contributed by atoms with van der Waals surface area (Å²) in [5.41, 5.74) is 1.20. The topological polar surface area (TPSA) is 77.9 Å². The summed E-state index contributed by atoms with van der Waals surface area (Å²) in [6.07, 6.45) is 5.16. The van der Waals surface area contributed by atoms with Gasteiger partial charge in [-0.1, -0.05) is 29.4 Å². The lowest BCUT2D eigenvalue weighted by molar-refractivity contribution is 0.523. The van der Waals surface area contributed by atoms with E-state index in [0.29, 0.717) is 21.6 Å². The monoisotopic (exact) mass is 413 g/mol. The highest BCUT2D eigenvalue weighted by molar-refractivity contribution is 7.98. The summed E-state index contributed by atoms with van der Waals surface area (Å²) in [4.78, 5) is 13.2. The Bertz CT molecular complexity index is 1140. The van der Waals surface area contributed by atoms with Gasteiger partial charge in [-0.3, -0.25) is 9.47 Å². The second-order valence-electron chi connectivity index (χ2n) is 5.92. The van der Waals surface area contributed by atoms with Crippen molar-refractivity contribution in [2.75, 3.05) is 5.32 Å². The number of hydrogen-bond donors (Lipinski definition) is 1. The van der Waals surface area contributed by atoms with E-state index in [2.05, 4.69) is 15.5 Å². The van der Waals surface area contributed by atoms with Crippen LogP contribution in [-0.2, 0) is 5.75 Å². The summed E-state index contributed by atoms with van der Waals surface area (Å²) in [5, 5.41) is 12.5. The van der Waals surface area contributed by atoms with Crippen molar-refractivity contribution >= 4 is 34.9 Å². The molecule has 1 aromatic carbocycles. The molecule has 142 valence electrons. The number of benzene rings is 1. The van der Waals surface area contributed by atoms with Crippen LogP contribution in [0.15, 0.2) is 75.5 Å². The molecule has 0 saturated heterocycles. The predicted octanol–water partition coefficient (Wildman–Crippen LogP) is 4.34. The number of rotatable bonds is 6. The smallest absolute Gasteiger partial charge is 0.316 e. The molecule has 7 nitrogen and oxygen atoms in total. The molecule has 0 spiro atoms. The fourth-order valence-electron chi connectivity index (χ4n) is 2.60. The van der Waals surface area contributed by atoms with Crippen LogP contribution >= 0.6 is 23.4 Å². The Balaban J connectivity index is 1.72. The van der Waals surface area contributed by atoms with E-state index in [1.54, 1.807) is 29.4 Å². The number of thioether (sulfide) groups is 1. The van der Waals surface area contributed by atoms with E-state index in [4.69, 9.17) is 16.0 Å². The zero-order chi connectivity index (χ0) is 19.5. The Labute approximate surface area is 169 Å². The Morgan fingerprint density at radius 1 is 1.14 bits per heavy atom. The van der Waals surface area contributed by atoms with Gasteiger partial charge in [0, 0.05) is 23.1 Å². The van der Waals surface area contributed by atoms with Crippen LogP contribution in [0.2, 0.25) is 5.02 Å². The summed E-state index contributed by atoms with van der Waals surface area (Å²) in [6, 6.07) is 12.8. The number of nitrogens with one attached hydrogen (secondary N) is 1. The van der Waals surface area contributed by atoms with Gasteiger partial charge in [-0.05, 0) is 48.9 Å². The lowest BCUT2D eigenvalue weighted by atomic mass is 10.2. The highest BCUT2D eigenvalue weighted by atomic mass is 35.5. The molecule has 0 radical (unpaired) electrons. The molecular formula is C19H16ClN5O2S. The molecule has 0 aliphatic heterocycles. The Morgan fingerprint density at radius 2 is 1.96 bits per heavy atom. The van der Waals surface area contributed by atoms with Gasteiger partial charge in [-0.15, -0.1) is 10.2 Å². The number of hydrogen-bond acceptors (Lipinski definition) is 6. The molecule has 0 amide bonds. The molecule has 1 N–H and O–H groups in total. The average molecular weight is 414 g/mol. The minimum absolute atomic E-state index is 0.112. The largest absolute Gasteiger partial charge is 0.468 e. The maximum Gasteiger partial charge on any atom is 0.316 e. The summed E-state index contributed by atoms with van der Waals surface area (Å²) in [6.45, 7) is 1.87. The fourth-order valence-corrected chi connectivity index (χ4v) is 3.61. The van der Waals surface area contributed by atoms with Gasteiger partial charge in [0.2, 0.25) is 11.0 Å². The minimum Gasteiger partial charge on any atom is -0.468 e. The van der Waals surface area contributed by atoms with E-state index in [1.165, 1.54) is 16.4 Å². The van der Waals surface area contributed by atoms with Crippen LogP contribution in [0.3, 0.4) is 0 Å². The third-order valence-electron chi connectivity index (χ3n) is 4.08. The van der Waals surface area contributed by atoms with Crippen molar-refractivity contribution in [2.24, 2.45) is 0 Å². The van der Waals surface area contributed by atoms with Gasteiger partial charge in [0.15, 0.2) is 0 Å². The van der Waals surface area contributed by atoms with Crippen molar-refractivity contribution in [3.8, 4) is 0 Å². The third kappa shape index (κ3) is 3.69. The zero-order valence-corrected chi connectivity index (χ0v) is 16.4. The highest BCUT2D eigenvalue weighted by Crippen LogP contribution is 2.25. The van der Waals surface area contributed by atoms with Gasteiger partial charge in [0.1, 0.15) is 5.76 Å². The van der Waals surface area contributed by atoms with Crippen molar-refractivity contribution < 1.29 is 4.42 Å². The average Bonchev–Trinajstić information content (AvgIpc) is 3.39. The Morgan fingerprint density at radius 3 is 2.71 bits per heavy atom. The van der Waals surface area contributed by atoms with Crippen LogP contribution in [0.1, 0.15) is 11.3 Å². The maximum atomic E-state index is 13.2. The zero-order valence-electron chi connectivity index (χ0n) is 14.9. The van der Waals surface area contributed by atoms with Crippen LogP contribution < -0.4 is 10.9 Å². The molecule has 0 saturated carbocycles. The Kier molecular flexibility index (Phi) is 5.23. The molecule has 3 heterocycles. The summed E-state index contributed by atoms with van der Waals surface area (Å²) in [5.74, 6) is 1.43. The molecule has 0 aliphatic carbocycles. The standard InChI is InChI=1S/C19H16ClN5O2S/c1-13-15(20)7-4-8-16(13)21-17-18(26)25(24-9-2-3-10-24)19(23-22-17)28-12-14-6-5-11-27-14/h2-11H,12H2,1H3,(H,21,22). The van der Waals surface area contributed by atoms with E-state index in [1.807, 2.05) is 43.3 Å². The van der Waals surface area contributed by atoms with E-state index in [-0.39, 0.29) is 11.4 Å². The van der Waals surface area contributed by atoms with Gasteiger partial charge in [-0.25, -0.2) is 0 Å². The van der Waals surface area contributed by atoms with Crippen molar-refractivity contribution in [3.63, 3.8) is 0 Å². The van der Waals surface area contributed by atoms with Crippen molar-refractivity contribution in [2.45, 2.75) is 17.8 Å². The Hall–Kier alpha value is -2.97. The van der Waals surface area contributed by atoms with Gasteiger partial charge >= 0.3 is 5.56 Å². The predicted molar refractivity (Wildman–Crippen MR) is 109 cm³/mol. The quantitative estimate of drug-likeness (QED) is 0.474. The van der Waals surface area contributed by atoms with E-state index < -0.39 is 0 Å². The van der Waals surface area contributed by atoms with Crippen molar-refractivity contribution in [1.29, 1.82) is 0 Å². The summed E-state index contributed by atoms with van der Waals surface area (Å²) in [7, 11) is 0. The third-order valence-corrected chi connectivity index (χ3v) is 5.43. The normalized spacial score (nSPS) is 10.9. The second-order valence-corrected chi connectivity index (χ2v) is 7.27. The summed E-state index contributed by atoms with van der Waals surface area (Å²) >= 11 is 7.54. The number of anilines is 2. The number of halogens is 1. The van der Waals surface area contributed by atoms with E-state index in [9.17, 15) is 4.79 Å². The first-order valence-electron chi connectivity index (χ1n) is 8.44. The number of aromatic nitrogens is 4. The summed E-state index contributed by atoms with van der Waals surface area (Å²) < 4.78 is 8.48. The second kappa shape index (κ2) is 7.95. The highest BCUT2D eigenvalue weighted by Gasteiger charge is 2.16. The van der Waals surface area contributed by atoms with Crippen LogP contribution in [0.5, 0.6) is 0 Å². The lowest BCUT2D eigenvalue weighted by Gasteiger charge is -2.14. The lowest BCUT2D eigenvalue weighted by Crippen LogP contribution is -2.30. The molecule has 0 atom stereocenters. The number of nitrogens with zero attached hydrogens (tertiary/aromatic N) is 4. The molecular weight excluding hydrogens is 398 g/mol. The first-order chi connectivity index (χ1) is 13.6. The maximum absolute atomic E-state index is 13.2. The molecule has 9 heteroatoms. The first-order valence-corrected chi connectivity index (χ1v) is 9.80. The molecule has 0 bridgehead atoms.